The third kappa shape index (κ3) is 3.68. The van der Waals surface area contributed by atoms with Crippen LogP contribution in [0.5, 0.6) is 0 Å². The van der Waals surface area contributed by atoms with Gasteiger partial charge in [0.2, 0.25) is 0 Å². The molecule has 0 fully saturated rings. The van der Waals surface area contributed by atoms with Gasteiger partial charge in [-0.25, -0.2) is 9.97 Å². The molecule has 0 aliphatic rings. The van der Waals surface area contributed by atoms with Gasteiger partial charge < -0.3 is 5.32 Å². The van der Waals surface area contributed by atoms with Crippen LogP contribution in [0.2, 0.25) is 0 Å². The third-order valence-electron chi connectivity index (χ3n) is 3.75. The van der Waals surface area contributed by atoms with Gasteiger partial charge in [0.15, 0.2) is 5.82 Å². The van der Waals surface area contributed by atoms with Gasteiger partial charge >= 0.3 is 0 Å². The van der Waals surface area contributed by atoms with Crippen molar-refractivity contribution in [1.29, 1.82) is 0 Å². The standard InChI is InChI=1S/C19H19N3OS/c1-13(2)17(16-9-6-10-24-16)22-19(23)15-11-20-18(21-12-15)14-7-4-3-5-8-14/h3-13,17H,1-2H3,(H,22,23). The summed E-state index contributed by atoms with van der Waals surface area (Å²) in [6.07, 6.45) is 3.16. The Kier molecular flexibility index (Phi) is 5.01. The summed E-state index contributed by atoms with van der Waals surface area (Å²) in [5.74, 6) is 0.768. The molecule has 1 atom stereocenters. The summed E-state index contributed by atoms with van der Waals surface area (Å²) in [5, 5.41) is 5.11. The van der Waals surface area contributed by atoms with E-state index in [2.05, 4.69) is 29.1 Å². The van der Waals surface area contributed by atoms with Gasteiger partial charge in [-0.2, -0.15) is 0 Å². The number of benzene rings is 1. The minimum absolute atomic E-state index is 0.00806. The van der Waals surface area contributed by atoms with Crippen molar-refractivity contribution in [3.05, 3.63) is 70.7 Å². The Hall–Kier alpha value is -2.53. The average Bonchev–Trinajstić information content (AvgIpc) is 3.14. The molecule has 24 heavy (non-hydrogen) atoms. The Labute approximate surface area is 145 Å². The quantitative estimate of drug-likeness (QED) is 0.754. The predicted molar refractivity (Wildman–Crippen MR) is 96.8 cm³/mol. The van der Waals surface area contributed by atoms with E-state index in [-0.39, 0.29) is 11.9 Å². The van der Waals surface area contributed by atoms with E-state index in [0.717, 1.165) is 10.4 Å². The lowest BCUT2D eigenvalue weighted by Gasteiger charge is -2.21. The molecule has 0 bridgehead atoms. The lowest BCUT2D eigenvalue weighted by molar-refractivity contribution is 0.0926. The van der Waals surface area contributed by atoms with Crippen molar-refractivity contribution in [3.8, 4) is 11.4 Å². The summed E-state index contributed by atoms with van der Waals surface area (Å²) in [6, 6.07) is 13.8. The summed E-state index contributed by atoms with van der Waals surface area (Å²) >= 11 is 1.65. The van der Waals surface area contributed by atoms with E-state index in [0.29, 0.717) is 17.3 Å². The minimum Gasteiger partial charge on any atom is -0.344 e. The molecule has 0 radical (unpaired) electrons. The number of hydrogen-bond acceptors (Lipinski definition) is 4. The molecule has 2 aromatic heterocycles. The maximum absolute atomic E-state index is 12.5. The zero-order chi connectivity index (χ0) is 16.9. The number of nitrogens with zero attached hydrogens (tertiary/aromatic N) is 2. The molecule has 0 saturated carbocycles. The van der Waals surface area contributed by atoms with Gasteiger partial charge in [-0.05, 0) is 17.4 Å². The fourth-order valence-electron chi connectivity index (χ4n) is 2.44. The second-order valence-corrected chi connectivity index (χ2v) is 6.85. The van der Waals surface area contributed by atoms with Crippen LogP contribution in [0.15, 0.2) is 60.2 Å². The summed E-state index contributed by atoms with van der Waals surface area (Å²) < 4.78 is 0. The van der Waals surface area contributed by atoms with Crippen LogP contribution in [0.25, 0.3) is 11.4 Å². The molecule has 122 valence electrons. The first-order chi connectivity index (χ1) is 11.6. The summed E-state index contributed by atoms with van der Waals surface area (Å²) in [6.45, 7) is 4.19. The molecule has 1 aromatic carbocycles. The van der Waals surface area contributed by atoms with E-state index in [1.807, 2.05) is 47.8 Å². The Morgan fingerprint density at radius 2 is 1.75 bits per heavy atom. The van der Waals surface area contributed by atoms with Crippen molar-refractivity contribution in [2.24, 2.45) is 5.92 Å². The Morgan fingerprint density at radius 3 is 2.33 bits per heavy atom. The lowest BCUT2D eigenvalue weighted by Crippen LogP contribution is -2.31. The molecule has 3 rings (SSSR count). The number of amides is 1. The van der Waals surface area contributed by atoms with Crippen LogP contribution in [0, 0.1) is 5.92 Å². The highest BCUT2D eigenvalue weighted by molar-refractivity contribution is 7.10. The number of rotatable bonds is 5. The zero-order valence-electron chi connectivity index (χ0n) is 13.6. The molecule has 0 spiro atoms. The van der Waals surface area contributed by atoms with Gasteiger partial charge in [-0.15, -0.1) is 11.3 Å². The molecule has 0 aliphatic heterocycles. The van der Waals surface area contributed by atoms with E-state index in [1.165, 1.54) is 0 Å². The molecule has 1 unspecified atom stereocenters. The smallest absolute Gasteiger partial charge is 0.254 e. The molecule has 1 amide bonds. The second-order valence-electron chi connectivity index (χ2n) is 5.87. The third-order valence-corrected chi connectivity index (χ3v) is 4.70. The van der Waals surface area contributed by atoms with Crippen molar-refractivity contribution in [3.63, 3.8) is 0 Å². The molecular formula is C19H19N3OS. The van der Waals surface area contributed by atoms with Gasteiger partial charge in [0, 0.05) is 22.8 Å². The number of carbonyl (C=O) groups is 1. The SMILES string of the molecule is CC(C)C(NC(=O)c1cnc(-c2ccccc2)nc1)c1cccs1. The average molecular weight is 337 g/mol. The topological polar surface area (TPSA) is 54.9 Å². The van der Waals surface area contributed by atoms with Crippen molar-refractivity contribution < 1.29 is 4.79 Å². The monoisotopic (exact) mass is 337 g/mol. The van der Waals surface area contributed by atoms with Gasteiger partial charge in [-0.1, -0.05) is 50.2 Å². The fraction of sp³-hybridized carbons (Fsp3) is 0.211. The normalized spacial score (nSPS) is 12.1. The summed E-state index contributed by atoms with van der Waals surface area (Å²) in [7, 11) is 0. The highest BCUT2D eigenvalue weighted by Crippen LogP contribution is 2.26. The lowest BCUT2D eigenvalue weighted by atomic mass is 10.0. The number of carbonyl (C=O) groups excluding carboxylic acids is 1. The molecule has 0 saturated heterocycles. The van der Waals surface area contributed by atoms with E-state index >= 15 is 0 Å². The zero-order valence-corrected chi connectivity index (χ0v) is 14.5. The minimum atomic E-state index is -0.151. The maximum Gasteiger partial charge on any atom is 0.254 e. The van der Waals surface area contributed by atoms with Gasteiger partial charge in [0.1, 0.15) is 0 Å². The van der Waals surface area contributed by atoms with Gasteiger partial charge in [-0.3, -0.25) is 4.79 Å². The number of thiophene rings is 1. The first-order valence-electron chi connectivity index (χ1n) is 7.87. The molecular weight excluding hydrogens is 318 g/mol. The fourth-order valence-corrected chi connectivity index (χ4v) is 3.39. The van der Waals surface area contributed by atoms with Crippen molar-refractivity contribution in [1.82, 2.24) is 15.3 Å². The maximum atomic E-state index is 12.5. The van der Waals surface area contributed by atoms with Crippen LogP contribution >= 0.6 is 11.3 Å². The van der Waals surface area contributed by atoms with Crippen LogP contribution in [-0.4, -0.2) is 15.9 Å². The van der Waals surface area contributed by atoms with Crippen LogP contribution < -0.4 is 5.32 Å². The van der Waals surface area contributed by atoms with Gasteiger partial charge in [0.25, 0.3) is 5.91 Å². The van der Waals surface area contributed by atoms with Crippen molar-refractivity contribution >= 4 is 17.2 Å². The molecule has 4 nitrogen and oxygen atoms in total. The summed E-state index contributed by atoms with van der Waals surface area (Å²) in [5.41, 5.74) is 1.40. The first-order valence-corrected chi connectivity index (χ1v) is 8.75. The number of aromatic nitrogens is 2. The van der Waals surface area contributed by atoms with Crippen molar-refractivity contribution in [2.75, 3.05) is 0 Å². The van der Waals surface area contributed by atoms with E-state index in [4.69, 9.17) is 0 Å². The highest BCUT2D eigenvalue weighted by Gasteiger charge is 2.20. The highest BCUT2D eigenvalue weighted by atomic mass is 32.1. The Balaban J connectivity index is 1.75. The Bertz CT molecular complexity index is 783. The van der Waals surface area contributed by atoms with Crippen LogP contribution in [0.3, 0.4) is 0 Å². The van der Waals surface area contributed by atoms with Crippen LogP contribution in [0.4, 0.5) is 0 Å². The molecule has 5 heteroatoms. The van der Waals surface area contributed by atoms with Crippen LogP contribution in [-0.2, 0) is 0 Å². The van der Waals surface area contributed by atoms with E-state index in [9.17, 15) is 4.79 Å². The molecule has 1 N–H and O–H groups in total. The van der Waals surface area contributed by atoms with Crippen molar-refractivity contribution in [2.45, 2.75) is 19.9 Å². The molecule has 3 aromatic rings. The van der Waals surface area contributed by atoms with E-state index in [1.54, 1.807) is 23.7 Å². The van der Waals surface area contributed by atoms with E-state index < -0.39 is 0 Å². The molecule has 0 aliphatic carbocycles. The van der Waals surface area contributed by atoms with Gasteiger partial charge in [0.05, 0.1) is 11.6 Å². The number of nitrogens with one attached hydrogen (secondary N) is 1. The first kappa shape index (κ1) is 16.3. The number of hydrogen-bond donors (Lipinski definition) is 1. The Morgan fingerprint density at radius 1 is 1.04 bits per heavy atom. The molecule has 2 heterocycles. The second kappa shape index (κ2) is 7.36. The summed E-state index contributed by atoms with van der Waals surface area (Å²) in [4.78, 5) is 22.3. The predicted octanol–water partition coefficient (Wildman–Crippen LogP) is 4.33. The van der Waals surface area contributed by atoms with Crippen LogP contribution in [0.1, 0.15) is 35.1 Å². The largest absolute Gasteiger partial charge is 0.344 e.